The van der Waals surface area contributed by atoms with Gasteiger partial charge in [0.05, 0.1) is 0 Å². The molecule has 8 heteroatoms. The van der Waals surface area contributed by atoms with Crippen LogP contribution in [-0.4, -0.2) is 16.4 Å². The first-order valence-electron chi connectivity index (χ1n) is 20.4. The molecule has 0 aliphatic heterocycles. The van der Waals surface area contributed by atoms with Crippen molar-refractivity contribution in [2.24, 2.45) is 11.8 Å². The molecule has 56 heavy (non-hydrogen) atoms. The summed E-state index contributed by atoms with van der Waals surface area (Å²) in [5.41, 5.74) is 18.9. The molecule has 4 aromatic carbocycles. The number of allylic oxidation sites excluding steroid dienone is 2. The Morgan fingerprint density at radius 1 is 0.589 bits per heavy atom. The van der Waals surface area contributed by atoms with Gasteiger partial charge in [0, 0.05) is 0 Å². The Hall–Kier alpha value is -3.18. The molecule has 0 bridgehead atoms. The summed E-state index contributed by atoms with van der Waals surface area (Å²) in [6, 6.07) is 21.9. The fourth-order valence-electron chi connectivity index (χ4n) is 9.39. The second-order valence-corrected chi connectivity index (χ2v) is 47.4. The van der Waals surface area contributed by atoms with Gasteiger partial charge >= 0.3 is 346 Å². The summed E-state index contributed by atoms with van der Waals surface area (Å²) < 4.78 is -1.78. The van der Waals surface area contributed by atoms with Crippen molar-refractivity contribution in [1.29, 1.82) is 0 Å². The molecule has 6 rings (SSSR count). The molecule has 0 saturated heterocycles. The summed E-state index contributed by atoms with van der Waals surface area (Å²) in [6.07, 6.45) is 5.12. The zero-order valence-corrected chi connectivity index (χ0v) is 40.4. The molecule has 0 fully saturated rings. The van der Waals surface area contributed by atoms with E-state index in [4.69, 9.17) is 17.2 Å². The summed E-state index contributed by atoms with van der Waals surface area (Å²) in [7, 11) is 17.9. The van der Waals surface area contributed by atoms with Crippen molar-refractivity contribution in [2.45, 2.75) is 103 Å². The van der Waals surface area contributed by atoms with E-state index in [0.717, 1.165) is 44.5 Å². The Morgan fingerprint density at radius 2 is 0.964 bits per heavy atom. The monoisotopic (exact) mass is 955 g/mol. The van der Waals surface area contributed by atoms with Crippen LogP contribution in [0.15, 0.2) is 71.8 Å². The number of amides is 2. The molecule has 2 unspecified atom stereocenters. The molecule has 0 radical (unpaired) electrons. The molecule has 0 aromatic heterocycles. The first-order valence-corrected chi connectivity index (χ1v) is 35.5. The Labute approximate surface area is 344 Å². The summed E-state index contributed by atoms with van der Waals surface area (Å²) in [5, 5.41) is 6.59. The topological polar surface area (TPSA) is 58.2 Å². The summed E-state index contributed by atoms with van der Waals surface area (Å²) in [4.78, 5) is 27.5. The van der Waals surface area contributed by atoms with Gasteiger partial charge in [-0.2, -0.15) is 0 Å². The molecule has 4 nitrogen and oxygen atoms in total. The van der Waals surface area contributed by atoms with Crippen LogP contribution in [0, 0.1) is 53.4 Å². The Bertz CT molecular complexity index is 2170. The molecule has 2 aliphatic rings. The van der Waals surface area contributed by atoms with Crippen molar-refractivity contribution >= 4 is 45.7 Å². The van der Waals surface area contributed by atoms with Gasteiger partial charge in [-0.1, -0.05) is 0 Å². The number of carbonyl (C=O) groups is 2. The van der Waals surface area contributed by atoms with Crippen LogP contribution >= 0.6 is 17.2 Å². The molecular weight excluding hydrogens is 897 g/mol. The third kappa shape index (κ3) is 6.94. The van der Waals surface area contributed by atoms with E-state index in [0.29, 0.717) is 0 Å². The summed E-state index contributed by atoms with van der Waals surface area (Å²) >= 11 is -6.22. The number of aryl methyl sites for hydroxylation is 2. The number of halogens is 2. The van der Waals surface area contributed by atoms with Gasteiger partial charge in [0.15, 0.2) is 0 Å². The molecule has 2 N–H and O–H groups in total. The zero-order valence-electron chi connectivity index (χ0n) is 35.3. The number of hydrogen-bond acceptors (Lipinski definition) is 2. The van der Waals surface area contributed by atoms with Crippen molar-refractivity contribution in [2.75, 3.05) is 0 Å². The maximum absolute atomic E-state index is 13.7. The van der Waals surface area contributed by atoms with Gasteiger partial charge in [0.2, 0.25) is 0 Å². The first-order chi connectivity index (χ1) is 26.4. The minimum absolute atomic E-state index is 0.0791. The second-order valence-electron chi connectivity index (χ2n) is 16.9. The van der Waals surface area contributed by atoms with E-state index in [1.807, 2.05) is 13.8 Å². The molecule has 0 spiro atoms. The number of fused-ring (bicyclic) bond motifs is 2. The van der Waals surface area contributed by atoms with Crippen LogP contribution in [0.2, 0.25) is 0 Å². The van der Waals surface area contributed by atoms with E-state index in [1.165, 1.54) is 44.5 Å². The van der Waals surface area contributed by atoms with Gasteiger partial charge in [-0.25, -0.2) is 0 Å². The summed E-state index contributed by atoms with van der Waals surface area (Å²) in [5.74, 6) is -0.238. The molecule has 0 heterocycles. The molecule has 2 amide bonds. The van der Waals surface area contributed by atoms with E-state index in [9.17, 15) is 9.59 Å². The van der Waals surface area contributed by atoms with Crippen LogP contribution < -0.4 is 10.5 Å². The molecule has 0 saturated carbocycles. The van der Waals surface area contributed by atoms with Crippen LogP contribution in [0.1, 0.15) is 117 Å². The Balaban J connectivity index is 1.73. The zero-order chi connectivity index (χ0) is 41.0. The minimum atomic E-state index is -6.22. The predicted octanol–water partition coefficient (Wildman–Crippen LogP) is 12.8. The van der Waals surface area contributed by atoms with Gasteiger partial charge in [-0.15, -0.1) is 0 Å². The van der Waals surface area contributed by atoms with Crippen LogP contribution in [0.5, 0.6) is 0 Å². The molecule has 2 aliphatic carbocycles. The molecular formula is C48H58BCl2HfN2O2. The van der Waals surface area contributed by atoms with Crippen molar-refractivity contribution in [3.05, 3.63) is 127 Å². The summed E-state index contributed by atoms with van der Waals surface area (Å²) in [6.45, 7) is 25.6. The van der Waals surface area contributed by atoms with Crippen molar-refractivity contribution in [3.63, 3.8) is 0 Å². The van der Waals surface area contributed by atoms with Gasteiger partial charge in [-0.3, -0.25) is 0 Å². The standard InChI is InChI=1S/2C21H23.C6H11BN2O2.2ClH.Hf/c2*1-13(2)18-11-17-7-6-8-20(21(17)12-18)19-10-9-14(3)15(4)16(19)5;1-3-5(10)8-7-9-6(11)4-2;;;/h2*6-13H,1-5H3;3-4H2,1-2H3,(H-,8,9,10,11);2*1H;/q;;;;;+1/p-1. The fraction of sp³-hybridized carbons (Fsp3) is 0.375. The van der Waals surface area contributed by atoms with E-state index in [1.54, 1.807) is 0 Å². The predicted molar refractivity (Wildman–Crippen MR) is 238 cm³/mol. The van der Waals surface area contributed by atoms with Crippen LogP contribution in [0.4, 0.5) is 0 Å². The average molecular weight is 955 g/mol. The Kier molecular flexibility index (Phi) is 12.0. The molecule has 4 aromatic rings. The van der Waals surface area contributed by atoms with Crippen LogP contribution in [0.3, 0.4) is 0 Å². The second kappa shape index (κ2) is 15.9. The van der Waals surface area contributed by atoms with E-state index in [2.05, 4.69) is 153 Å². The maximum atomic E-state index is 13.7. The third-order valence-electron chi connectivity index (χ3n) is 13.1. The first kappa shape index (κ1) is 42.4. The van der Waals surface area contributed by atoms with Crippen LogP contribution in [-0.2, 0) is 25.5 Å². The number of benzene rings is 4. The number of nitrogens with one attached hydrogen (secondary N) is 2. The van der Waals surface area contributed by atoms with Gasteiger partial charge in [0.1, 0.15) is 0 Å². The quantitative estimate of drug-likeness (QED) is 0.147. The van der Waals surface area contributed by atoms with E-state index < -0.39 is 27.8 Å². The van der Waals surface area contributed by atoms with Gasteiger partial charge < -0.3 is 0 Å². The fourth-order valence-corrected chi connectivity index (χ4v) is 39.5. The van der Waals surface area contributed by atoms with Crippen molar-refractivity contribution < 1.29 is 25.5 Å². The van der Waals surface area contributed by atoms with Gasteiger partial charge in [0.25, 0.3) is 0 Å². The number of rotatable bonds is 11. The van der Waals surface area contributed by atoms with E-state index >= 15 is 0 Å². The molecule has 293 valence electrons. The average Bonchev–Trinajstić information content (AvgIpc) is 3.78. The SMILES string of the molecule is CCC(=O)N[B](NC(=O)CC)[Hf]([Cl])([Cl])([CH]1C(C(C)C)=Cc2c(-c3ccc(C)c(C)c3C)cccc21)[CH]1C(C(C)C)=Cc2c(-c3ccc(C)c(C)c3C)cccc21. The van der Waals surface area contributed by atoms with Crippen LogP contribution in [0.25, 0.3) is 34.4 Å². The van der Waals surface area contributed by atoms with E-state index in [-0.39, 0.29) is 36.5 Å². The van der Waals surface area contributed by atoms with Crippen molar-refractivity contribution in [3.8, 4) is 22.3 Å². The molecule has 2 atom stereocenters. The Morgan fingerprint density at radius 3 is 1.30 bits per heavy atom. The third-order valence-corrected chi connectivity index (χ3v) is 41.4. The van der Waals surface area contributed by atoms with Gasteiger partial charge in [-0.05, 0) is 0 Å². The number of carbonyl (C=O) groups excluding carboxylic acids is 2. The van der Waals surface area contributed by atoms with Crippen molar-refractivity contribution in [1.82, 2.24) is 10.5 Å². The normalized spacial score (nSPS) is 16.9. The number of hydrogen-bond donors (Lipinski definition) is 2.